The van der Waals surface area contributed by atoms with Crippen molar-refractivity contribution in [2.75, 3.05) is 13.1 Å². The molecular formula is C16H28N2S. The Bertz CT molecular complexity index is 357. The Morgan fingerprint density at radius 1 is 1.37 bits per heavy atom. The number of rotatable bonds is 6. The molecular weight excluding hydrogens is 252 g/mol. The molecule has 0 amide bonds. The van der Waals surface area contributed by atoms with Gasteiger partial charge in [0.15, 0.2) is 0 Å². The average molecular weight is 280 g/mol. The van der Waals surface area contributed by atoms with Crippen LogP contribution in [0.1, 0.15) is 51.3 Å². The smallest absolute Gasteiger partial charge is 0.0334 e. The minimum absolute atomic E-state index is 0.355. The van der Waals surface area contributed by atoms with Gasteiger partial charge in [-0.15, -0.1) is 11.3 Å². The Hall–Kier alpha value is -0.380. The molecule has 1 aromatic rings. The van der Waals surface area contributed by atoms with Gasteiger partial charge >= 0.3 is 0 Å². The maximum Gasteiger partial charge on any atom is 0.0334 e. The molecule has 1 aliphatic heterocycles. The molecule has 2 nitrogen and oxygen atoms in total. The van der Waals surface area contributed by atoms with Crippen molar-refractivity contribution in [3.63, 3.8) is 0 Å². The van der Waals surface area contributed by atoms with Gasteiger partial charge in [0.1, 0.15) is 0 Å². The number of nitrogens with zero attached hydrogens (tertiary/aromatic N) is 1. The predicted octanol–water partition coefficient (Wildman–Crippen LogP) is 3.88. The first kappa shape index (κ1) is 15.0. The van der Waals surface area contributed by atoms with Crippen LogP contribution in [-0.2, 0) is 6.54 Å². The summed E-state index contributed by atoms with van der Waals surface area (Å²) in [6, 6.07) is 5.12. The van der Waals surface area contributed by atoms with Gasteiger partial charge in [-0.2, -0.15) is 0 Å². The molecule has 2 rings (SSSR count). The summed E-state index contributed by atoms with van der Waals surface area (Å²) in [6.45, 7) is 10.4. The number of hydrogen-bond acceptors (Lipinski definition) is 3. The highest BCUT2D eigenvalue weighted by Gasteiger charge is 2.38. The van der Waals surface area contributed by atoms with Crippen molar-refractivity contribution in [1.82, 2.24) is 10.2 Å². The summed E-state index contributed by atoms with van der Waals surface area (Å²) < 4.78 is 0. The first-order valence-corrected chi connectivity index (χ1v) is 8.63. The van der Waals surface area contributed by atoms with E-state index in [0.717, 1.165) is 13.1 Å². The van der Waals surface area contributed by atoms with Gasteiger partial charge in [0.2, 0.25) is 0 Å². The van der Waals surface area contributed by atoms with Crippen LogP contribution in [0.25, 0.3) is 0 Å². The highest BCUT2D eigenvalue weighted by Crippen LogP contribution is 2.30. The third-order valence-corrected chi connectivity index (χ3v) is 5.57. The molecule has 0 radical (unpaired) electrons. The summed E-state index contributed by atoms with van der Waals surface area (Å²) in [6.07, 6.45) is 5.04. The third kappa shape index (κ3) is 3.39. The lowest BCUT2D eigenvalue weighted by Gasteiger charge is -2.49. The van der Waals surface area contributed by atoms with Crippen molar-refractivity contribution >= 4 is 11.3 Å². The molecule has 0 aromatic carbocycles. The zero-order chi connectivity index (χ0) is 13.7. The monoisotopic (exact) mass is 280 g/mol. The van der Waals surface area contributed by atoms with E-state index in [2.05, 4.69) is 48.5 Å². The lowest BCUT2D eigenvalue weighted by atomic mass is 9.86. The Morgan fingerprint density at radius 2 is 2.16 bits per heavy atom. The fourth-order valence-electron chi connectivity index (χ4n) is 3.28. The van der Waals surface area contributed by atoms with Crippen LogP contribution in [0.15, 0.2) is 17.5 Å². The second kappa shape index (κ2) is 6.87. The molecule has 1 aromatic heterocycles. The summed E-state index contributed by atoms with van der Waals surface area (Å²) >= 11 is 1.89. The SMILES string of the molecule is CCCC1CN(Cc2cccs2)C(CC)(CC)CN1. The molecule has 19 heavy (non-hydrogen) atoms. The Kier molecular flexibility index (Phi) is 5.43. The largest absolute Gasteiger partial charge is 0.311 e. The van der Waals surface area contributed by atoms with E-state index < -0.39 is 0 Å². The molecule has 1 fully saturated rings. The van der Waals surface area contributed by atoms with Crippen LogP contribution in [0.4, 0.5) is 0 Å². The molecule has 1 saturated heterocycles. The van der Waals surface area contributed by atoms with Crippen LogP contribution in [0.3, 0.4) is 0 Å². The van der Waals surface area contributed by atoms with E-state index in [9.17, 15) is 0 Å². The highest BCUT2D eigenvalue weighted by atomic mass is 32.1. The molecule has 1 atom stereocenters. The molecule has 3 heteroatoms. The molecule has 0 aliphatic carbocycles. The number of piperazine rings is 1. The van der Waals surface area contributed by atoms with E-state index in [-0.39, 0.29) is 0 Å². The van der Waals surface area contributed by atoms with Crippen molar-refractivity contribution < 1.29 is 0 Å². The second-order valence-corrected chi connectivity index (χ2v) is 6.79. The van der Waals surface area contributed by atoms with Crippen molar-refractivity contribution in [2.45, 2.75) is 64.6 Å². The zero-order valence-corrected chi connectivity index (χ0v) is 13.4. The highest BCUT2D eigenvalue weighted by molar-refractivity contribution is 7.09. The Morgan fingerprint density at radius 3 is 2.74 bits per heavy atom. The summed E-state index contributed by atoms with van der Waals surface area (Å²) in [5, 5.41) is 5.98. The van der Waals surface area contributed by atoms with Crippen molar-refractivity contribution in [1.29, 1.82) is 0 Å². The molecule has 0 bridgehead atoms. The molecule has 0 spiro atoms. The van der Waals surface area contributed by atoms with E-state index in [1.54, 1.807) is 0 Å². The summed E-state index contributed by atoms with van der Waals surface area (Å²) in [7, 11) is 0. The van der Waals surface area contributed by atoms with Crippen LogP contribution < -0.4 is 5.32 Å². The molecule has 2 heterocycles. The van der Waals surface area contributed by atoms with Crippen molar-refractivity contribution in [2.24, 2.45) is 0 Å². The van der Waals surface area contributed by atoms with Crippen LogP contribution in [0, 0.1) is 0 Å². The fourth-order valence-corrected chi connectivity index (χ4v) is 4.00. The number of thiophene rings is 1. The fraction of sp³-hybridized carbons (Fsp3) is 0.750. The molecule has 1 N–H and O–H groups in total. The first-order valence-electron chi connectivity index (χ1n) is 7.75. The van der Waals surface area contributed by atoms with Crippen LogP contribution in [0.5, 0.6) is 0 Å². The maximum atomic E-state index is 3.78. The summed E-state index contributed by atoms with van der Waals surface area (Å²) in [5.41, 5.74) is 0.355. The Labute approximate surface area is 122 Å². The topological polar surface area (TPSA) is 15.3 Å². The molecule has 1 unspecified atom stereocenters. The lowest BCUT2D eigenvalue weighted by Crippen LogP contribution is -2.63. The summed E-state index contributed by atoms with van der Waals surface area (Å²) in [4.78, 5) is 4.25. The predicted molar refractivity (Wildman–Crippen MR) is 84.7 cm³/mol. The molecule has 1 aliphatic rings. The van der Waals surface area contributed by atoms with Crippen molar-refractivity contribution in [3.05, 3.63) is 22.4 Å². The van der Waals surface area contributed by atoms with E-state index in [1.165, 1.54) is 37.1 Å². The van der Waals surface area contributed by atoms with Crippen LogP contribution in [0.2, 0.25) is 0 Å². The first-order chi connectivity index (χ1) is 9.24. The van der Waals surface area contributed by atoms with Gasteiger partial charge in [-0.25, -0.2) is 0 Å². The molecule has 0 saturated carbocycles. The Balaban J connectivity index is 2.10. The molecule has 108 valence electrons. The number of hydrogen-bond donors (Lipinski definition) is 1. The van der Waals surface area contributed by atoms with Gasteiger partial charge < -0.3 is 5.32 Å². The maximum absolute atomic E-state index is 3.78. The van der Waals surface area contributed by atoms with Crippen molar-refractivity contribution in [3.8, 4) is 0 Å². The minimum atomic E-state index is 0.355. The van der Waals surface area contributed by atoms with Gasteiger partial charge in [-0.1, -0.05) is 33.3 Å². The van der Waals surface area contributed by atoms with Crippen LogP contribution in [-0.4, -0.2) is 29.6 Å². The van der Waals surface area contributed by atoms with Gasteiger partial charge in [-0.05, 0) is 30.7 Å². The van der Waals surface area contributed by atoms with Gasteiger partial charge in [0, 0.05) is 36.1 Å². The van der Waals surface area contributed by atoms with E-state index >= 15 is 0 Å². The minimum Gasteiger partial charge on any atom is -0.311 e. The van der Waals surface area contributed by atoms with Gasteiger partial charge in [-0.3, -0.25) is 4.90 Å². The van der Waals surface area contributed by atoms with E-state index in [1.807, 2.05) is 11.3 Å². The second-order valence-electron chi connectivity index (χ2n) is 5.76. The van der Waals surface area contributed by atoms with Gasteiger partial charge in [0.25, 0.3) is 0 Å². The average Bonchev–Trinajstić information content (AvgIpc) is 2.93. The quantitative estimate of drug-likeness (QED) is 0.850. The van der Waals surface area contributed by atoms with Gasteiger partial charge in [0.05, 0.1) is 0 Å². The van der Waals surface area contributed by atoms with E-state index in [4.69, 9.17) is 0 Å². The lowest BCUT2D eigenvalue weighted by molar-refractivity contribution is 0.0236. The normalized spacial score (nSPS) is 23.6. The summed E-state index contributed by atoms with van der Waals surface area (Å²) in [5.74, 6) is 0. The third-order valence-electron chi connectivity index (χ3n) is 4.71. The number of nitrogens with one attached hydrogen (secondary N) is 1. The van der Waals surface area contributed by atoms with E-state index in [0.29, 0.717) is 11.6 Å². The zero-order valence-electron chi connectivity index (χ0n) is 12.6. The standard InChI is InChI=1S/C16H28N2S/c1-4-8-14-11-18(12-15-9-7-10-19-15)16(5-2,6-3)13-17-14/h7,9-10,14,17H,4-6,8,11-13H2,1-3H3. The van der Waals surface area contributed by atoms with Crippen LogP contribution >= 0.6 is 11.3 Å².